The number of hydrogen-bond acceptors (Lipinski definition) is 7. The first kappa shape index (κ1) is 14.4. The van der Waals surface area contributed by atoms with Crippen LogP contribution >= 0.6 is 0 Å². The molecule has 1 aromatic heterocycles. The van der Waals surface area contributed by atoms with Gasteiger partial charge in [0.2, 0.25) is 5.52 Å². The number of piperazine rings is 1. The predicted octanol–water partition coefficient (Wildman–Crippen LogP) is 2.46. The molecule has 0 radical (unpaired) electrons. The molecule has 1 fully saturated rings. The third-order valence-electron chi connectivity index (χ3n) is 4.31. The normalized spacial score (nSPS) is 15.0. The Morgan fingerprint density at radius 3 is 2.29 bits per heavy atom. The van der Waals surface area contributed by atoms with Gasteiger partial charge in [-0.1, -0.05) is 18.2 Å². The van der Waals surface area contributed by atoms with Crippen molar-refractivity contribution in [2.75, 3.05) is 36.0 Å². The van der Waals surface area contributed by atoms with Gasteiger partial charge in [-0.25, -0.2) is 4.63 Å². The summed E-state index contributed by atoms with van der Waals surface area (Å²) in [5.74, 6) is 0. The molecule has 8 heteroatoms. The van der Waals surface area contributed by atoms with Crippen LogP contribution < -0.4 is 9.80 Å². The van der Waals surface area contributed by atoms with Gasteiger partial charge in [0.1, 0.15) is 0 Å². The number of hydrogen-bond donors (Lipinski definition) is 0. The molecule has 0 N–H and O–H groups in total. The summed E-state index contributed by atoms with van der Waals surface area (Å²) in [6, 6.07) is 13.5. The van der Waals surface area contributed by atoms with Gasteiger partial charge in [-0.3, -0.25) is 10.1 Å². The lowest BCUT2D eigenvalue weighted by Gasteiger charge is -2.37. The van der Waals surface area contributed by atoms with Crippen LogP contribution in [0.5, 0.6) is 0 Å². The molecule has 2 heterocycles. The first-order chi connectivity index (χ1) is 11.7. The van der Waals surface area contributed by atoms with Crippen LogP contribution in [0.2, 0.25) is 0 Å². The van der Waals surface area contributed by atoms with Gasteiger partial charge in [0.15, 0.2) is 5.52 Å². The maximum atomic E-state index is 11.1. The first-order valence-corrected chi connectivity index (χ1v) is 7.68. The second-order valence-corrected chi connectivity index (χ2v) is 5.63. The molecule has 0 atom stereocenters. The Bertz CT molecular complexity index is 872. The molecule has 2 aromatic carbocycles. The number of anilines is 2. The Balaban J connectivity index is 1.58. The van der Waals surface area contributed by atoms with Crippen molar-refractivity contribution in [2.45, 2.75) is 0 Å². The van der Waals surface area contributed by atoms with Crippen LogP contribution in [-0.4, -0.2) is 41.4 Å². The van der Waals surface area contributed by atoms with Crippen molar-refractivity contribution in [2.24, 2.45) is 0 Å². The number of non-ortho nitro benzene ring substituents is 1. The van der Waals surface area contributed by atoms with E-state index < -0.39 is 4.92 Å². The minimum Gasteiger partial charge on any atom is -0.368 e. The van der Waals surface area contributed by atoms with Crippen molar-refractivity contribution < 1.29 is 9.55 Å². The summed E-state index contributed by atoms with van der Waals surface area (Å²) in [6.07, 6.45) is 0. The number of fused-ring (bicyclic) bond motifs is 1. The SMILES string of the molecule is O=[N+]([O-])c1ccc(N2CCN(c3ccccc3)CC2)c2nonc12. The topological polar surface area (TPSA) is 88.5 Å². The van der Waals surface area contributed by atoms with Gasteiger partial charge in [0.05, 0.1) is 10.6 Å². The van der Waals surface area contributed by atoms with Crippen molar-refractivity contribution in [3.8, 4) is 0 Å². The van der Waals surface area contributed by atoms with E-state index >= 15 is 0 Å². The van der Waals surface area contributed by atoms with Gasteiger partial charge < -0.3 is 9.80 Å². The molecule has 8 nitrogen and oxygen atoms in total. The van der Waals surface area contributed by atoms with Crippen molar-refractivity contribution in [3.05, 3.63) is 52.6 Å². The summed E-state index contributed by atoms with van der Waals surface area (Å²) in [5.41, 5.74) is 2.58. The van der Waals surface area contributed by atoms with Gasteiger partial charge in [-0.15, -0.1) is 0 Å². The van der Waals surface area contributed by atoms with Crippen molar-refractivity contribution >= 4 is 28.1 Å². The molecule has 0 aliphatic carbocycles. The molecule has 0 unspecified atom stereocenters. The van der Waals surface area contributed by atoms with E-state index in [4.69, 9.17) is 4.63 Å². The second kappa shape index (κ2) is 5.80. The van der Waals surface area contributed by atoms with E-state index in [0.29, 0.717) is 5.52 Å². The van der Waals surface area contributed by atoms with Crippen molar-refractivity contribution in [1.29, 1.82) is 0 Å². The maximum absolute atomic E-state index is 11.1. The second-order valence-electron chi connectivity index (χ2n) is 5.63. The Morgan fingerprint density at radius 2 is 1.58 bits per heavy atom. The van der Waals surface area contributed by atoms with Crippen LogP contribution in [0.1, 0.15) is 0 Å². The van der Waals surface area contributed by atoms with E-state index in [1.807, 2.05) is 18.2 Å². The van der Waals surface area contributed by atoms with Gasteiger partial charge in [-0.2, -0.15) is 0 Å². The smallest absolute Gasteiger partial charge is 0.300 e. The third kappa shape index (κ3) is 2.41. The van der Waals surface area contributed by atoms with E-state index in [1.165, 1.54) is 11.8 Å². The number of aromatic nitrogens is 2. The monoisotopic (exact) mass is 325 g/mol. The Kier molecular flexibility index (Phi) is 3.49. The van der Waals surface area contributed by atoms with E-state index in [2.05, 4.69) is 32.2 Å². The number of nitro benzene ring substituents is 1. The number of para-hydroxylation sites is 1. The Hall–Kier alpha value is -3.16. The quantitative estimate of drug-likeness (QED) is 0.540. The summed E-state index contributed by atoms with van der Waals surface area (Å²) >= 11 is 0. The number of benzene rings is 2. The highest BCUT2D eigenvalue weighted by molar-refractivity contribution is 5.93. The summed E-state index contributed by atoms with van der Waals surface area (Å²) in [6.45, 7) is 3.34. The lowest BCUT2D eigenvalue weighted by atomic mass is 10.2. The molecule has 3 aromatic rings. The number of nitrogens with zero attached hydrogens (tertiary/aromatic N) is 5. The van der Waals surface area contributed by atoms with Crippen LogP contribution in [0.3, 0.4) is 0 Å². The number of rotatable bonds is 3. The molecule has 24 heavy (non-hydrogen) atoms. The highest BCUT2D eigenvalue weighted by Gasteiger charge is 2.24. The molecule has 1 saturated heterocycles. The fraction of sp³-hybridized carbons (Fsp3) is 0.250. The van der Waals surface area contributed by atoms with E-state index in [0.717, 1.165) is 31.9 Å². The van der Waals surface area contributed by atoms with Crippen LogP contribution in [0.4, 0.5) is 17.1 Å². The molecular formula is C16H15N5O3. The lowest BCUT2D eigenvalue weighted by Crippen LogP contribution is -2.46. The molecule has 4 rings (SSSR count). The van der Waals surface area contributed by atoms with Crippen LogP contribution in [0.15, 0.2) is 47.1 Å². The zero-order valence-corrected chi connectivity index (χ0v) is 12.8. The minimum absolute atomic E-state index is 0.0853. The van der Waals surface area contributed by atoms with Crippen molar-refractivity contribution in [3.63, 3.8) is 0 Å². The van der Waals surface area contributed by atoms with Gasteiger partial charge in [0, 0.05) is 37.9 Å². The van der Waals surface area contributed by atoms with E-state index in [9.17, 15) is 10.1 Å². The fourth-order valence-corrected chi connectivity index (χ4v) is 3.09. The van der Waals surface area contributed by atoms with Crippen LogP contribution in [0.25, 0.3) is 11.0 Å². The third-order valence-corrected chi connectivity index (χ3v) is 4.31. The largest absolute Gasteiger partial charge is 0.368 e. The Labute approximate surface area is 137 Å². The van der Waals surface area contributed by atoms with E-state index in [-0.39, 0.29) is 11.2 Å². The highest BCUT2D eigenvalue weighted by Crippen LogP contribution is 2.32. The number of nitro groups is 1. The van der Waals surface area contributed by atoms with Crippen molar-refractivity contribution in [1.82, 2.24) is 10.3 Å². The maximum Gasteiger partial charge on any atom is 0.300 e. The van der Waals surface area contributed by atoms with Gasteiger partial charge >= 0.3 is 5.69 Å². The zero-order chi connectivity index (χ0) is 16.5. The molecule has 0 saturated carbocycles. The summed E-state index contributed by atoms with van der Waals surface area (Å²) in [7, 11) is 0. The molecular weight excluding hydrogens is 310 g/mol. The molecule has 122 valence electrons. The molecule has 1 aliphatic rings. The average Bonchev–Trinajstić information content (AvgIpc) is 3.11. The molecule has 0 amide bonds. The standard InChI is InChI=1S/C16H15N5O3/c22-21(23)14-7-6-13(15-16(14)18-24-17-15)20-10-8-19(9-11-20)12-4-2-1-3-5-12/h1-7H,8-11H2. The summed E-state index contributed by atoms with van der Waals surface area (Å²) in [5, 5.41) is 18.6. The first-order valence-electron chi connectivity index (χ1n) is 7.68. The fourth-order valence-electron chi connectivity index (χ4n) is 3.09. The van der Waals surface area contributed by atoms with Gasteiger partial charge in [-0.05, 0) is 28.5 Å². The molecule has 0 spiro atoms. The zero-order valence-electron chi connectivity index (χ0n) is 12.8. The predicted molar refractivity (Wildman–Crippen MR) is 89.3 cm³/mol. The summed E-state index contributed by atoms with van der Waals surface area (Å²) < 4.78 is 4.74. The Morgan fingerprint density at radius 1 is 0.917 bits per heavy atom. The minimum atomic E-state index is -0.469. The van der Waals surface area contributed by atoms with Gasteiger partial charge in [0.25, 0.3) is 0 Å². The van der Waals surface area contributed by atoms with E-state index in [1.54, 1.807) is 6.07 Å². The average molecular weight is 325 g/mol. The summed E-state index contributed by atoms with van der Waals surface area (Å²) in [4.78, 5) is 15.1. The van der Waals surface area contributed by atoms with Crippen LogP contribution in [0, 0.1) is 10.1 Å². The highest BCUT2D eigenvalue weighted by atomic mass is 16.6. The molecule has 0 bridgehead atoms. The lowest BCUT2D eigenvalue weighted by molar-refractivity contribution is -0.383. The molecule has 1 aliphatic heterocycles. The van der Waals surface area contributed by atoms with Crippen LogP contribution in [-0.2, 0) is 0 Å².